The molecule has 0 fully saturated rings. The molecule has 6 N–H and O–H groups in total. The van der Waals surface area contributed by atoms with Crippen molar-refractivity contribution in [2.24, 2.45) is 5.73 Å². The maximum atomic E-state index is 14.2. The molecule has 0 saturated carbocycles. The maximum absolute atomic E-state index is 14.2. The van der Waals surface area contributed by atoms with E-state index in [-0.39, 0.29) is 50.1 Å². The molecule has 4 aromatic carbocycles. The second-order valence-electron chi connectivity index (χ2n) is 13.6. The van der Waals surface area contributed by atoms with Crippen LogP contribution in [0.15, 0.2) is 97.1 Å². The molecule has 4 aromatic rings. The molecule has 1 aliphatic rings. The number of alkyl carbamates (subject to hydrolysis) is 1. The summed E-state index contributed by atoms with van der Waals surface area (Å²) in [6.07, 6.45) is 1.35. The smallest absolute Gasteiger partial charge is 0.407 e. The lowest BCUT2D eigenvalue weighted by molar-refractivity contribution is -0.143. The lowest BCUT2D eigenvalue weighted by atomic mass is 9.91. The van der Waals surface area contributed by atoms with E-state index in [0.29, 0.717) is 25.8 Å². The molecule has 278 valence electrons. The van der Waals surface area contributed by atoms with Crippen LogP contribution in [0, 0.1) is 13.8 Å². The van der Waals surface area contributed by atoms with E-state index >= 15 is 0 Å². The number of carbonyl (C=O) groups is 4. The SMILES string of the molecule is Cc1cc(O)cc(C)c1CC(N)C(=O)N1Cc2ccccc2CC1C(=O)N[C@@H](CCCCNC(=O)OCc1ccccc1)C(=O)NCc1ccccc1. The number of unbranched alkanes of at least 4 members (excludes halogenated alkanes) is 1. The third-order valence-corrected chi connectivity index (χ3v) is 9.60. The van der Waals surface area contributed by atoms with Gasteiger partial charge in [-0.3, -0.25) is 14.4 Å². The first-order chi connectivity index (χ1) is 25.6. The molecule has 0 saturated heterocycles. The van der Waals surface area contributed by atoms with E-state index in [9.17, 15) is 24.3 Å². The number of rotatable bonds is 15. The summed E-state index contributed by atoms with van der Waals surface area (Å²) in [5.41, 5.74) is 12.8. The van der Waals surface area contributed by atoms with Crippen molar-refractivity contribution in [1.29, 1.82) is 0 Å². The molecule has 11 heteroatoms. The van der Waals surface area contributed by atoms with Crippen LogP contribution in [0.25, 0.3) is 0 Å². The van der Waals surface area contributed by atoms with Crippen molar-refractivity contribution >= 4 is 23.8 Å². The fourth-order valence-electron chi connectivity index (χ4n) is 6.68. The van der Waals surface area contributed by atoms with Gasteiger partial charge >= 0.3 is 6.09 Å². The maximum Gasteiger partial charge on any atom is 0.407 e. The number of hydrogen-bond donors (Lipinski definition) is 5. The Bertz CT molecular complexity index is 1850. The topological polar surface area (TPSA) is 163 Å². The third kappa shape index (κ3) is 10.9. The number of aryl methyl sites for hydroxylation is 2. The summed E-state index contributed by atoms with van der Waals surface area (Å²) in [7, 11) is 0. The summed E-state index contributed by atoms with van der Waals surface area (Å²) in [6, 6.07) is 27.1. The molecular weight excluding hydrogens is 670 g/mol. The molecule has 0 aliphatic carbocycles. The molecule has 53 heavy (non-hydrogen) atoms. The molecular formula is C42H49N5O6. The largest absolute Gasteiger partial charge is 0.508 e. The van der Waals surface area contributed by atoms with Gasteiger partial charge < -0.3 is 36.4 Å². The number of phenolic OH excluding ortho intramolecular Hbond substituents is 1. The Kier molecular flexibility index (Phi) is 13.6. The number of nitrogens with one attached hydrogen (secondary N) is 3. The molecule has 1 aliphatic heterocycles. The molecule has 5 rings (SSSR count). The van der Waals surface area contributed by atoms with E-state index in [4.69, 9.17) is 10.5 Å². The van der Waals surface area contributed by atoms with Gasteiger partial charge in [0.2, 0.25) is 17.7 Å². The molecule has 0 radical (unpaired) electrons. The van der Waals surface area contributed by atoms with Gasteiger partial charge in [-0.25, -0.2) is 4.79 Å². The second kappa shape index (κ2) is 18.7. The number of amides is 4. The minimum Gasteiger partial charge on any atom is -0.508 e. The number of nitrogens with two attached hydrogens (primary N) is 1. The summed E-state index contributed by atoms with van der Waals surface area (Å²) < 4.78 is 5.29. The molecule has 0 bridgehead atoms. The highest BCUT2D eigenvalue weighted by Crippen LogP contribution is 2.26. The third-order valence-electron chi connectivity index (χ3n) is 9.60. The number of benzene rings is 4. The number of hydrogen-bond acceptors (Lipinski definition) is 7. The molecule has 1 heterocycles. The number of phenols is 1. The van der Waals surface area contributed by atoms with Crippen molar-refractivity contribution in [3.05, 3.63) is 136 Å². The summed E-state index contributed by atoms with van der Waals surface area (Å²) in [6.45, 7) is 4.71. The summed E-state index contributed by atoms with van der Waals surface area (Å²) in [4.78, 5) is 55.6. The van der Waals surface area contributed by atoms with Crippen LogP contribution in [0.1, 0.15) is 58.2 Å². The Balaban J connectivity index is 1.25. The van der Waals surface area contributed by atoms with Crippen LogP contribution in [0.4, 0.5) is 4.79 Å². The van der Waals surface area contributed by atoms with Gasteiger partial charge in [0, 0.05) is 26.1 Å². The Morgan fingerprint density at radius 1 is 0.849 bits per heavy atom. The predicted molar refractivity (Wildman–Crippen MR) is 202 cm³/mol. The van der Waals surface area contributed by atoms with Crippen LogP contribution in [-0.4, -0.2) is 58.5 Å². The van der Waals surface area contributed by atoms with Crippen molar-refractivity contribution in [2.45, 2.75) is 83.8 Å². The number of aromatic hydroxyl groups is 1. The first kappa shape index (κ1) is 38.5. The fourth-order valence-corrected chi connectivity index (χ4v) is 6.68. The monoisotopic (exact) mass is 719 g/mol. The van der Waals surface area contributed by atoms with Crippen molar-refractivity contribution < 1.29 is 29.0 Å². The van der Waals surface area contributed by atoms with Crippen molar-refractivity contribution in [2.75, 3.05) is 6.54 Å². The minimum atomic E-state index is -0.936. The van der Waals surface area contributed by atoms with Gasteiger partial charge in [-0.2, -0.15) is 0 Å². The van der Waals surface area contributed by atoms with Crippen LogP contribution < -0.4 is 21.7 Å². The van der Waals surface area contributed by atoms with Crippen molar-refractivity contribution in [1.82, 2.24) is 20.9 Å². The van der Waals surface area contributed by atoms with E-state index in [1.165, 1.54) is 4.90 Å². The number of ether oxygens (including phenoxy) is 1. The zero-order valence-electron chi connectivity index (χ0n) is 30.3. The molecule has 0 spiro atoms. The van der Waals surface area contributed by atoms with Crippen LogP contribution >= 0.6 is 0 Å². The minimum absolute atomic E-state index is 0.146. The van der Waals surface area contributed by atoms with Gasteiger partial charge in [-0.05, 0) is 90.6 Å². The van der Waals surface area contributed by atoms with Crippen LogP contribution in [0.3, 0.4) is 0 Å². The van der Waals surface area contributed by atoms with Crippen LogP contribution in [0.2, 0.25) is 0 Å². The molecule has 4 amide bonds. The fraction of sp³-hybridized carbons (Fsp3) is 0.333. The normalized spacial score (nSPS) is 14.7. The summed E-state index contributed by atoms with van der Waals surface area (Å²) in [5.74, 6) is -1.02. The zero-order chi connectivity index (χ0) is 37.7. The predicted octanol–water partition coefficient (Wildman–Crippen LogP) is 4.73. The van der Waals surface area contributed by atoms with Gasteiger partial charge in [-0.15, -0.1) is 0 Å². The number of nitrogens with zero attached hydrogens (tertiary/aromatic N) is 1. The van der Waals surface area contributed by atoms with Crippen molar-refractivity contribution in [3.63, 3.8) is 0 Å². The average Bonchev–Trinajstić information content (AvgIpc) is 3.16. The number of fused-ring (bicyclic) bond motifs is 1. The Morgan fingerprint density at radius 3 is 2.15 bits per heavy atom. The summed E-state index contributed by atoms with van der Waals surface area (Å²) in [5, 5.41) is 18.7. The zero-order valence-corrected chi connectivity index (χ0v) is 30.3. The van der Waals surface area contributed by atoms with Crippen molar-refractivity contribution in [3.8, 4) is 5.75 Å². The van der Waals surface area contributed by atoms with E-state index in [2.05, 4.69) is 16.0 Å². The lowest BCUT2D eigenvalue weighted by Crippen LogP contribution is -2.59. The van der Waals surface area contributed by atoms with Crippen LogP contribution in [-0.2, 0) is 51.7 Å². The summed E-state index contributed by atoms with van der Waals surface area (Å²) >= 11 is 0. The first-order valence-electron chi connectivity index (χ1n) is 18.1. The standard InChI is InChI=1S/C42H49N5O6/c1-28-21-34(48)22-29(2)35(28)24-36(43)41(51)47-26-33-18-10-9-17-32(33)23-38(47)40(50)46-37(39(49)45-25-30-13-5-3-6-14-30)19-11-12-20-44-42(52)53-27-31-15-7-4-8-16-31/h3-10,13-18,21-22,36-38,48H,11-12,19-20,23-27,43H2,1-2H3,(H,44,52)(H,45,49)(H,46,50)/t36?,37-,38?/m0/s1. The highest BCUT2D eigenvalue weighted by atomic mass is 16.5. The van der Waals surface area contributed by atoms with Gasteiger partial charge in [0.1, 0.15) is 24.4 Å². The van der Waals surface area contributed by atoms with E-state index in [1.807, 2.05) is 98.8 Å². The Morgan fingerprint density at radius 2 is 1.47 bits per heavy atom. The number of carbonyl (C=O) groups excluding carboxylic acids is 4. The molecule has 0 aromatic heterocycles. The van der Waals surface area contributed by atoms with Gasteiger partial charge in [0.25, 0.3) is 0 Å². The van der Waals surface area contributed by atoms with E-state index < -0.39 is 30.1 Å². The average molecular weight is 720 g/mol. The van der Waals surface area contributed by atoms with E-state index in [1.54, 1.807) is 12.1 Å². The van der Waals surface area contributed by atoms with E-state index in [0.717, 1.165) is 38.9 Å². The molecule has 11 nitrogen and oxygen atoms in total. The quantitative estimate of drug-likeness (QED) is 0.111. The second-order valence-corrected chi connectivity index (χ2v) is 13.6. The lowest BCUT2D eigenvalue weighted by Gasteiger charge is -2.38. The van der Waals surface area contributed by atoms with Gasteiger partial charge in [0.05, 0.1) is 6.04 Å². The highest BCUT2D eigenvalue weighted by Gasteiger charge is 2.38. The Hall–Kier alpha value is -5.68. The Labute approximate surface area is 310 Å². The molecule has 3 atom stereocenters. The highest BCUT2D eigenvalue weighted by molar-refractivity contribution is 5.93. The van der Waals surface area contributed by atoms with Gasteiger partial charge in [-0.1, -0.05) is 84.9 Å². The first-order valence-corrected chi connectivity index (χ1v) is 18.1. The van der Waals surface area contributed by atoms with Crippen LogP contribution in [0.5, 0.6) is 5.75 Å². The molecule has 2 unspecified atom stereocenters. The van der Waals surface area contributed by atoms with Gasteiger partial charge in [0.15, 0.2) is 0 Å².